The molecule has 114 valence electrons. The summed E-state index contributed by atoms with van der Waals surface area (Å²) in [5.41, 5.74) is 1.36. The number of carbonyl (C=O) groups excluding carboxylic acids is 2. The van der Waals surface area contributed by atoms with Crippen LogP contribution in [0.2, 0.25) is 0 Å². The van der Waals surface area contributed by atoms with Crippen LogP contribution in [0.15, 0.2) is 12.1 Å². The molecule has 2 aromatic carbocycles. The fraction of sp³-hybridized carbons (Fsp3) is 0.294. The highest BCUT2D eigenvalue weighted by molar-refractivity contribution is 6.11. The number of hydrogen-bond acceptors (Lipinski definition) is 5. The van der Waals surface area contributed by atoms with E-state index < -0.39 is 6.10 Å². The Morgan fingerprint density at radius 1 is 1.23 bits per heavy atom. The summed E-state index contributed by atoms with van der Waals surface area (Å²) in [6.45, 7) is 2.97. The Balaban J connectivity index is 2.43. The van der Waals surface area contributed by atoms with Gasteiger partial charge in [0.15, 0.2) is 11.6 Å². The zero-order chi connectivity index (χ0) is 16.2. The van der Waals surface area contributed by atoms with Crippen molar-refractivity contribution in [1.82, 2.24) is 0 Å². The van der Waals surface area contributed by atoms with E-state index in [9.17, 15) is 24.9 Å². The van der Waals surface area contributed by atoms with Gasteiger partial charge in [0.05, 0.1) is 17.2 Å². The Hall–Kier alpha value is -2.40. The summed E-state index contributed by atoms with van der Waals surface area (Å²) in [4.78, 5) is 23.8. The molecule has 5 nitrogen and oxygen atoms in total. The van der Waals surface area contributed by atoms with Gasteiger partial charge in [0.25, 0.3) is 0 Å². The molecule has 5 heteroatoms. The molecule has 1 atom stereocenters. The van der Waals surface area contributed by atoms with Crippen LogP contribution in [0.25, 0.3) is 10.8 Å². The topological polar surface area (TPSA) is 94.8 Å². The highest BCUT2D eigenvalue weighted by Gasteiger charge is 2.29. The van der Waals surface area contributed by atoms with E-state index in [1.807, 2.05) is 0 Å². The van der Waals surface area contributed by atoms with Crippen LogP contribution < -0.4 is 0 Å². The Labute approximate surface area is 126 Å². The molecule has 2 aromatic rings. The highest BCUT2D eigenvalue weighted by Crippen LogP contribution is 2.41. The molecule has 0 bridgehead atoms. The fourth-order valence-corrected chi connectivity index (χ4v) is 3.35. The molecule has 0 saturated heterocycles. The molecule has 3 rings (SSSR count). The van der Waals surface area contributed by atoms with E-state index in [0.717, 1.165) is 0 Å². The minimum atomic E-state index is -0.761. The summed E-state index contributed by atoms with van der Waals surface area (Å²) in [5, 5.41) is 31.2. The van der Waals surface area contributed by atoms with E-state index in [0.29, 0.717) is 21.9 Å². The van der Waals surface area contributed by atoms with Gasteiger partial charge in [0.1, 0.15) is 11.5 Å². The Kier molecular flexibility index (Phi) is 3.18. The summed E-state index contributed by atoms with van der Waals surface area (Å²) in [5.74, 6) is -0.954. The van der Waals surface area contributed by atoms with Crippen LogP contribution >= 0.6 is 0 Å². The van der Waals surface area contributed by atoms with Gasteiger partial charge in [-0.3, -0.25) is 9.59 Å². The van der Waals surface area contributed by atoms with Gasteiger partial charge in [-0.2, -0.15) is 0 Å². The van der Waals surface area contributed by atoms with Crippen molar-refractivity contribution >= 4 is 22.3 Å². The lowest BCUT2D eigenvalue weighted by Crippen LogP contribution is -2.24. The number of fused-ring (bicyclic) bond motifs is 2. The number of aryl methyl sites for hydroxylation is 1. The van der Waals surface area contributed by atoms with Crippen molar-refractivity contribution in [1.29, 1.82) is 0 Å². The van der Waals surface area contributed by atoms with Gasteiger partial charge in [-0.15, -0.1) is 0 Å². The summed E-state index contributed by atoms with van der Waals surface area (Å²) in [6.07, 6.45) is -0.509. The number of phenolic OH excluding ortho intramolecular Hbond substituents is 2. The minimum absolute atomic E-state index is 0.0250. The van der Waals surface area contributed by atoms with Gasteiger partial charge in [-0.1, -0.05) is 0 Å². The van der Waals surface area contributed by atoms with Gasteiger partial charge in [0, 0.05) is 11.8 Å². The molecule has 0 unspecified atom stereocenters. The van der Waals surface area contributed by atoms with Crippen LogP contribution in [-0.4, -0.2) is 33.0 Å². The second-order valence-electron chi connectivity index (χ2n) is 5.79. The maximum atomic E-state index is 12.1. The van der Waals surface area contributed by atoms with Crippen molar-refractivity contribution in [3.05, 3.63) is 34.4 Å². The third-order valence-electron chi connectivity index (χ3n) is 4.22. The number of hydrogen-bond donors (Lipinski definition) is 3. The van der Waals surface area contributed by atoms with Crippen molar-refractivity contribution in [3.8, 4) is 11.5 Å². The molecule has 0 saturated carbocycles. The third-order valence-corrected chi connectivity index (χ3v) is 4.22. The lowest BCUT2D eigenvalue weighted by atomic mass is 9.84. The van der Waals surface area contributed by atoms with Crippen LogP contribution in [0, 0.1) is 6.92 Å². The molecule has 0 aliphatic heterocycles. The summed E-state index contributed by atoms with van der Waals surface area (Å²) in [7, 11) is 0. The molecular weight excluding hydrogens is 284 g/mol. The van der Waals surface area contributed by atoms with Crippen molar-refractivity contribution in [2.24, 2.45) is 0 Å². The smallest absolute Gasteiger partial charge is 0.169 e. The first-order valence-corrected chi connectivity index (χ1v) is 7.04. The van der Waals surface area contributed by atoms with Gasteiger partial charge < -0.3 is 15.3 Å². The number of rotatable bonds is 1. The maximum Gasteiger partial charge on any atom is 0.169 e. The molecule has 0 fully saturated rings. The SMILES string of the molecule is CC(=O)c1c(O)cc2cc3c(c(O)c2c1C)C(=O)C[C@H](O)C3. The molecule has 0 radical (unpaired) electrons. The molecule has 0 amide bonds. The van der Waals surface area contributed by atoms with Gasteiger partial charge in [-0.25, -0.2) is 0 Å². The molecule has 0 heterocycles. The van der Waals surface area contributed by atoms with E-state index in [4.69, 9.17) is 0 Å². The lowest BCUT2D eigenvalue weighted by Gasteiger charge is -2.22. The fourth-order valence-electron chi connectivity index (χ4n) is 3.35. The molecule has 22 heavy (non-hydrogen) atoms. The first kappa shape index (κ1) is 14.5. The zero-order valence-electron chi connectivity index (χ0n) is 12.3. The molecule has 1 aliphatic rings. The van der Waals surface area contributed by atoms with E-state index in [-0.39, 0.29) is 47.0 Å². The average molecular weight is 300 g/mol. The van der Waals surface area contributed by atoms with E-state index in [1.165, 1.54) is 13.0 Å². The number of benzene rings is 2. The summed E-state index contributed by atoms with van der Waals surface area (Å²) < 4.78 is 0. The van der Waals surface area contributed by atoms with Crippen LogP contribution in [0.3, 0.4) is 0 Å². The van der Waals surface area contributed by atoms with Crippen molar-refractivity contribution in [2.45, 2.75) is 32.8 Å². The number of aliphatic hydroxyl groups excluding tert-OH is 1. The summed E-state index contributed by atoms with van der Waals surface area (Å²) >= 11 is 0. The molecule has 0 spiro atoms. The molecule has 0 aromatic heterocycles. The predicted octanol–water partition coefficient (Wildman–Crippen LogP) is 2.25. The molecule has 3 N–H and O–H groups in total. The van der Waals surface area contributed by atoms with Crippen LogP contribution in [0.5, 0.6) is 11.5 Å². The first-order chi connectivity index (χ1) is 10.3. The number of carbonyl (C=O) groups is 2. The normalized spacial score (nSPS) is 17.6. The van der Waals surface area contributed by atoms with Gasteiger partial charge >= 0.3 is 0 Å². The van der Waals surface area contributed by atoms with Crippen molar-refractivity contribution in [2.75, 3.05) is 0 Å². The number of Topliss-reactive ketones (excluding diaryl/α,β-unsaturated/α-hetero) is 2. The van der Waals surface area contributed by atoms with Crippen molar-refractivity contribution in [3.63, 3.8) is 0 Å². The number of aliphatic hydroxyl groups is 1. The molecular formula is C17H16O5. The Morgan fingerprint density at radius 3 is 2.55 bits per heavy atom. The zero-order valence-corrected chi connectivity index (χ0v) is 12.3. The van der Waals surface area contributed by atoms with Crippen molar-refractivity contribution < 1.29 is 24.9 Å². The maximum absolute atomic E-state index is 12.1. The monoisotopic (exact) mass is 300 g/mol. The molecule has 1 aliphatic carbocycles. The Morgan fingerprint density at radius 2 is 1.91 bits per heavy atom. The minimum Gasteiger partial charge on any atom is -0.507 e. The highest BCUT2D eigenvalue weighted by atomic mass is 16.3. The van der Waals surface area contributed by atoms with Gasteiger partial charge in [-0.05, 0) is 48.9 Å². The largest absolute Gasteiger partial charge is 0.507 e. The number of phenols is 2. The van der Waals surface area contributed by atoms with E-state index >= 15 is 0 Å². The summed E-state index contributed by atoms with van der Waals surface area (Å²) in [6, 6.07) is 3.09. The van der Waals surface area contributed by atoms with Crippen LogP contribution in [0.1, 0.15) is 45.2 Å². The van der Waals surface area contributed by atoms with Crippen LogP contribution in [-0.2, 0) is 6.42 Å². The van der Waals surface area contributed by atoms with Gasteiger partial charge in [0.2, 0.25) is 0 Å². The number of ketones is 2. The second kappa shape index (κ2) is 4.81. The van der Waals surface area contributed by atoms with E-state index in [2.05, 4.69) is 0 Å². The Bertz CT molecular complexity index is 835. The average Bonchev–Trinajstić information content (AvgIpc) is 2.35. The van der Waals surface area contributed by atoms with Crippen LogP contribution in [0.4, 0.5) is 0 Å². The first-order valence-electron chi connectivity index (χ1n) is 7.04. The predicted molar refractivity (Wildman–Crippen MR) is 80.7 cm³/mol. The lowest BCUT2D eigenvalue weighted by molar-refractivity contribution is 0.0850. The third kappa shape index (κ3) is 1.97. The quantitative estimate of drug-likeness (QED) is 0.702. The number of aromatic hydroxyl groups is 2. The standard InChI is InChI=1S/C17H16O5/c1-7-14(8(2)18)12(20)5-10-3-9-4-11(19)6-13(21)16(9)17(22)15(7)10/h3,5,11,19-20,22H,4,6H2,1-2H3/t11-/m1/s1. The van der Waals surface area contributed by atoms with E-state index in [1.54, 1.807) is 13.0 Å². The second-order valence-corrected chi connectivity index (χ2v) is 5.79.